The number of anilines is 2. The Morgan fingerprint density at radius 2 is 1.35 bits per heavy atom. The summed E-state index contributed by atoms with van der Waals surface area (Å²) in [5, 5.41) is 44.9. The molecular formula is C56H79N11O11. The van der Waals surface area contributed by atoms with Gasteiger partial charge in [-0.1, -0.05) is 51.2 Å². The molecule has 7 rings (SSSR count). The number of carbonyl (C=O) groups is 7. The number of hydrogen-bond acceptors (Lipinski definition) is 15. The number of nitrogens with two attached hydrogens (primary N) is 2. The van der Waals surface area contributed by atoms with E-state index in [0.29, 0.717) is 12.2 Å². The van der Waals surface area contributed by atoms with Crippen LogP contribution in [0.3, 0.4) is 0 Å². The van der Waals surface area contributed by atoms with E-state index in [0.717, 1.165) is 54.6 Å². The summed E-state index contributed by atoms with van der Waals surface area (Å²) in [4.78, 5) is 105. The van der Waals surface area contributed by atoms with Crippen LogP contribution in [0.1, 0.15) is 100 Å². The summed E-state index contributed by atoms with van der Waals surface area (Å²) in [5.74, 6) is -4.55. The Morgan fingerprint density at radius 1 is 0.731 bits per heavy atom. The highest BCUT2D eigenvalue weighted by Crippen LogP contribution is 2.26. The summed E-state index contributed by atoms with van der Waals surface area (Å²) in [6, 6.07) is 14.0. The van der Waals surface area contributed by atoms with Crippen molar-refractivity contribution in [3.63, 3.8) is 0 Å². The molecule has 9 atom stereocenters. The largest absolute Gasteiger partial charge is 0.508 e. The lowest BCUT2D eigenvalue weighted by molar-refractivity contribution is -0.145. The topological polar surface area (TPSA) is 315 Å². The first-order chi connectivity index (χ1) is 37.5. The quantitative estimate of drug-likeness (QED) is 0.0885. The molecule has 7 amide bonds. The lowest BCUT2D eigenvalue weighted by atomic mass is 10.0. The van der Waals surface area contributed by atoms with Crippen molar-refractivity contribution in [2.45, 2.75) is 146 Å². The number of fused-ring (bicyclic) bond motifs is 2. The Balaban J connectivity index is 1.03. The second kappa shape index (κ2) is 28.0. The van der Waals surface area contributed by atoms with Crippen LogP contribution in [-0.2, 0) is 35.2 Å². The van der Waals surface area contributed by atoms with Gasteiger partial charge < -0.3 is 77.7 Å². The fourth-order valence-corrected chi connectivity index (χ4v) is 10.5. The molecular weight excluding hydrogens is 1000 g/mol. The number of benzene rings is 3. The molecule has 3 aromatic rings. The van der Waals surface area contributed by atoms with E-state index in [1.165, 1.54) is 56.1 Å². The van der Waals surface area contributed by atoms with Crippen molar-refractivity contribution >= 4 is 52.7 Å². The fraction of sp³-hybridized carbons (Fsp3) is 0.554. The van der Waals surface area contributed by atoms with E-state index < -0.39 is 96.0 Å². The Labute approximate surface area is 455 Å². The van der Waals surface area contributed by atoms with Gasteiger partial charge in [0.2, 0.25) is 29.5 Å². The Kier molecular flexibility index (Phi) is 21.1. The van der Waals surface area contributed by atoms with Gasteiger partial charge in [0, 0.05) is 75.2 Å². The van der Waals surface area contributed by atoms with E-state index in [1.807, 2.05) is 24.3 Å². The number of phenolic OH excluding ortho intramolecular Hbond substituents is 1. The van der Waals surface area contributed by atoms with Gasteiger partial charge >= 0.3 is 0 Å². The summed E-state index contributed by atoms with van der Waals surface area (Å²) in [6.07, 6.45) is 2.91. The molecule has 0 radical (unpaired) electrons. The first kappa shape index (κ1) is 58.7. The maximum atomic E-state index is 14.4. The van der Waals surface area contributed by atoms with Gasteiger partial charge in [0.15, 0.2) is 6.17 Å². The first-order valence-electron chi connectivity index (χ1n) is 27.6. The van der Waals surface area contributed by atoms with E-state index >= 15 is 0 Å². The molecule has 12 N–H and O–H groups in total. The van der Waals surface area contributed by atoms with Gasteiger partial charge in [-0.05, 0) is 112 Å². The van der Waals surface area contributed by atoms with Gasteiger partial charge in [-0.15, -0.1) is 0 Å². The van der Waals surface area contributed by atoms with Crippen LogP contribution < -0.4 is 52.6 Å². The van der Waals surface area contributed by atoms with E-state index in [4.69, 9.17) is 16.2 Å². The third kappa shape index (κ3) is 15.8. The van der Waals surface area contributed by atoms with Crippen molar-refractivity contribution in [1.29, 1.82) is 0 Å². The molecule has 0 aromatic heterocycles. The molecule has 424 valence electrons. The number of rotatable bonds is 16. The number of aryl methyl sites for hydroxylation is 1. The number of ether oxygens (including phenoxy) is 1. The molecule has 4 aliphatic rings. The highest BCUT2D eigenvalue weighted by molar-refractivity contribution is 6.00. The smallest absolute Gasteiger partial charge is 0.260 e. The number of nitrogens with one attached hydrogen (secondary N) is 5. The maximum absolute atomic E-state index is 14.4. The normalized spacial score (nSPS) is 25.5. The maximum Gasteiger partial charge on any atom is 0.260 e. The SMILES string of the molecule is CCCCCCCCOc1ccc(N2CCN(c3ccc(C(=O)NC4CCCNC(=O)C5CC(N)CN5C(=O)C(N)NC(=O)C(CCc5ccc(O)cc5)NC(=O)C5C[C@@H](O)CN5C(=O)C([C@@H](C)O)NC4=O)cc3)CC2)cc1. The van der Waals surface area contributed by atoms with Crippen molar-refractivity contribution in [3.8, 4) is 11.5 Å². The summed E-state index contributed by atoms with van der Waals surface area (Å²) in [5.41, 5.74) is 15.5. The molecule has 0 spiro atoms. The lowest BCUT2D eigenvalue weighted by Gasteiger charge is -2.37. The predicted molar refractivity (Wildman–Crippen MR) is 292 cm³/mol. The number of hydrogen-bond donors (Lipinski definition) is 10. The zero-order chi connectivity index (χ0) is 55.9. The first-order valence-corrected chi connectivity index (χ1v) is 27.6. The van der Waals surface area contributed by atoms with E-state index in [-0.39, 0.29) is 69.5 Å². The number of nitrogens with zero attached hydrogens (tertiary/aromatic N) is 4. The Morgan fingerprint density at radius 3 is 2.00 bits per heavy atom. The van der Waals surface area contributed by atoms with Crippen LogP contribution in [0.2, 0.25) is 0 Å². The molecule has 22 heteroatoms. The van der Waals surface area contributed by atoms with Gasteiger partial charge in [-0.25, -0.2) is 0 Å². The molecule has 3 aromatic carbocycles. The fourth-order valence-electron chi connectivity index (χ4n) is 10.5. The monoisotopic (exact) mass is 1080 g/mol. The number of piperazine rings is 1. The molecule has 4 heterocycles. The van der Waals surface area contributed by atoms with Gasteiger partial charge in [-0.2, -0.15) is 0 Å². The van der Waals surface area contributed by atoms with Crippen LogP contribution in [0.15, 0.2) is 72.8 Å². The van der Waals surface area contributed by atoms with Crippen molar-refractivity contribution < 1.29 is 53.6 Å². The van der Waals surface area contributed by atoms with Crippen molar-refractivity contribution in [3.05, 3.63) is 83.9 Å². The number of aliphatic hydroxyl groups is 2. The molecule has 4 aliphatic heterocycles. The van der Waals surface area contributed by atoms with Crippen molar-refractivity contribution in [2.75, 3.05) is 62.2 Å². The second-order valence-electron chi connectivity index (χ2n) is 21.0. The molecule has 0 aliphatic carbocycles. The number of carbonyl (C=O) groups excluding carboxylic acids is 7. The Bertz CT molecular complexity index is 2510. The standard InChI is InChI=1S/C56H79N11O11/c1-3-4-5-6-7-8-30-78-43-22-18-40(19-23-43)65-28-26-64(27-29-65)39-16-14-37(15-17-39)50(71)60-44-10-9-25-59-53(74)46-31-38(57)33-66(46)56(77)49(58)63-52(73)45(24-13-36-11-20-41(69)21-12-36)61-54(75)47-32-42(70)34-67(47)55(76)48(35(2)68)62-51(44)72/h11-12,14-23,35,38,42,44-49,68-70H,3-10,13,24-34,57-58H2,1-2H3,(H,59,74)(H,60,71)(H,61,75)(H,62,72)(H,63,73)/t35-,38?,42-,44?,45?,46?,47?,48?,49?/m1/s1. The van der Waals surface area contributed by atoms with Crippen LogP contribution >= 0.6 is 0 Å². The Hall–Kier alpha value is -7.01. The second-order valence-corrected chi connectivity index (χ2v) is 21.0. The van der Waals surface area contributed by atoms with Gasteiger partial charge in [-0.3, -0.25) is 33.6 Å². The average molecular weight is 1080 g/mol. The zero-order valence-electron chi connectivity index (χ0n) is 44.8. The molecule has 4 saturated heterocycles. The van der Waals surface area contributed by atoms with Crippen LogP contribution in [0.4, 0.5) is 11.4 Å². The zero-order valence-corrected chi connectivity index (χ0v) is 44.8. The summed E-state index contributed by atoms with van der Waals surface area (Å²) >= 11 is 0. The van der Waals surface area contributed by atoms with Gasteiger partial charge in [0.05, 0.1) is 18.8 Å². The summed E-state index contributed by atoms with van der Waals surface area (Å²) in [6.45, 7) is 6.81. The summed E-state index contributed by atoms with van der Waals surface area (Å²) < 4.78 is 5.98. The third-order valence-corrected chi connectivity index (χ3v) is 15.0. The molecule has 4 fully saturated rings. The molecule has 0 saturated carbocycles. The number of unbranched alkanes of at least 4 members (excludes halogenated alkanes) is 5. The van der Waals surface area contributed by atoms with Crippen LogP contribution in [0, 0.1) is 0 Å². The van der Waals surface area contributed by atoms with Gasteiger partial charge in [0.25, 0.3) is 11.8 Å². The third-order valence-electron chi connectivity index (χ3n) is 15.0. The minimum atomic E-state index is -1.67. The number of amides is 7. The van der Waals surface area contributed by atoms with E-state index in [2.05, 4.69) is 55.4 Å². The number of aliphatic hydroxyl groups excluding tert-OH is 2. The lowest BCUT2D eigenvalue weighted by Crippen LogP contribution is -2.61. The van der Waals surface area contributed by atoms with Gasteiger partial charge in [0.1, 0.15) is 41.7 Å². The number of phenols is 1. The minimum absolute atomic E-state index is 0.0152. The minimum Gasteiger partial charge on any atom is -0.508 e. The number of aromatic hydroxyl groups is 1. The average Bonchev–Trinajstić information content (AvgIpc) is 4.04. The molecule has 0 bridgehead atoms. The van der Waals surface area contributed by atoms with Crippen LogP contribution in [-0.4, -0.2) is 174 Å². The highest BCUT2D eigenvalue weighted by atomic mass is 16.5. The van der Waals surface area contributed by atoms with Crippen molar-refractivity contribution in [1.82, 2.24) is 36.4 Å². The van der Waals surface area contributed by atoms with Crippen molar-refractivity contribution in [2.24, 2.45) is 11.5 Å². The van der Waals surface area contributed by atoms with Crippen LogP contribution in [0.25, 0.3) is 0 Å². The molecule has 7 unspecified atom stereocenters. The van der Waals surface area contributed by atoms with E-state index in [9.17, 15) is 48.9 Å². The van der Waals surface area contributed by atoms with Crippen LogP contribution in [0.5, 0.6) is 11.5 Å². The molecule has 22 nitrogen and oxygen atoms in total. The highest BCUT2D eigenvalue weighted by Gasteiger charge is 2.45. The predicted octanol–water partition coefficient (Wildman–Crippen LogP) is 0.741. The molecule has 78 heavy (non-hydrogen) atoms. The summed E-state index contributed by atoms with van der Waals surface area (Å²) in [7, 11) is 0. The van der Waals surface area contributed by atoms with E-state index in [1.54, 1.807) is 24.3 Å².